The molecule has 1 atom stereocenters. The van der Waals surface area contributed by atoms with Gasteiger partial charge in [-0.1, -0.05) is 18.2 Å². The molecule has 0 saturated carbocycles. The monoisotopic (exact) mass is 293 g/mol. The molecule has 106 valence electrons. The second-order valence-electron chi connectivity index (χ2n) is 4.46. The lowest BCUT2D eigenvalue weighted by molar-refractivity contribution is 0.101. The highest BCUT2D eigenvalue weighted by Gasteiger charge is 2.25. The normalized spacial score (nSPS) is 13.2. The minimum atomic E-state index is -3.82. The average molecular weight is 293 g/mol. The van der Waals surface area contributed by atoms with Crippen molar-refractivity contribution in [3.05, 3.63) is 53.9 Å². The van der Waals surface area contributed by atoms with Crippen LogP contribution in [0.4, 0.5) is 0 Å². The van der Waals surface area contributed by atoms with Crippen LogP contribution in [0.25, 0.3) is 0 Å². The van der Waals surface area contributed by atoms with Crippen LogP contribution in [0.1, 0.15) is 36.0 Å². The maximum absolute atomic E-state index is 12.5. The van der Waals surface area contributed by atoms with Gasteiger partial charge in [-0.3, -0.25) is 4.79 Å². The number of benzene rings is 1. The highest BCUT2D eigenvalue weighted by Crippen LogP contribution is 2.25. The number of nitrogens with zero attached hydrogens (tertiary/aromatic N) is 1. The van der Waals surface area contributed by atoms with Gasteiger partial charge in [0.05, 0.1) is 16.7 Å². The van der Waals surface area contributed by atoms with Gasteiger partial charge in [0.2, 0.25) is 0 Å². The Morgan fingerprint density at radius 2 is 1.80 bits per heavy atom. The van der Waals surface area contributed by atoms with Crippen LogP contribution in [0, 0.1) is 0 Å². The smallest absolute Gasteiger partial charge is 0.267 e. The first-order chi connectivity index (χ1) is 9.35. The van der Waals surface area contributed by atoms with Gasteiger partial charge in [-0.25, -0.2) is 12.4 Å². The lowest BCUT2D eigenvalue weighted by atomic mass is 10.1. The molecule has 0 fully saturated rings. The van der Waals surface area contributed by atoms with E-state index in [0.717, 1.165) is 3.97 Å². The van der Waals surface area contributed by atoms with Gasteiger partial charge in [-0.15, -0.1) is 0 Å². The molecule has 0 saturated heterocycles. The van der Waals surface area contributed by atoms with E-state index in [1.165, 1.54) is 38.2 Å². The predicted molar refractivity (Wildman–Crippen MR) is 74.1 cm³/mol. The number of ketones is 1. The summed E-state index contributed by atoms with van der Waals surface area (Å²) in [5, 5.41) is 9.80. The maximum atomic E-state index is 12.5. The van der Waals surface area contributed by atoms with Crippen LogP contribution in [0.3, 0.4) is 0 Å². The molecule has 1 aromatic carbocycles. The van der Waals surface area contributed by atoms with Crippen LogP contribution in [0.15, 0.2) is 47.5 Å². The number of hydrogen-bond donors (Lipinski definition) is 1. The molecule has 0 aliphatic rings. The topological polar surface area (TPSA) is 76.4 Å². The van der Waals surface area contributed by atoms with Gasteiger partial charge in [0.15, 0.2) is 5.78 Å². The van der Waals surface area contributed by atoms with Crippen LogP contribution in [0.5, 0.6) is 0 Å². The molecule has 1 N–H and O–H groups in total. The summed E-state index contributed by atoms with van der Waals surface area (Å²) in [6.07, 6.45) is 0.226. The number of aliphatic hydroxyl groups is 1. The Morgan fingerprint density at radius 3 is 2.30 bits per heavy atom. The van der Waals surface area contributed by atoms with Crippen LogP contribution in [-0.2, 0) is 10.0 Å². The number of Topliss-reactive ketones (excluding diaryl/α,β-unsaturated/α-hetero) is 1. The van der Waals surface area contributed by atoms with Crippen molar-refractivity contribution >= 4 is 15.8 Å². The summed E-state index contributed by atoms with van der Waals surface area (Å²) >= 11 is 0. The molecule has 0 aliphatic heterocycles. The van der Waals surface area contributed by atoms with Gasteiger partial charge in [-0.05, 0) is 32.0 Å². The van der Waals surface area contributed by atoms with Gasteiger partial charge in [0.25, 0.3) is 10.0 Å². The summed E-state index contributed by atoms with van der Waals surface area (Å²) in [6, 6.07) is 9.29. The third-order valence-corrected chi connectivity index (χ3v) is 4.67. The van der Waals surface area contributed by atoms with E-state index >= 15 is 0 Å². The van der Waals surface area contributed by atoms with Gasteiger partial charge in [0, 0.05) is 11.8 Å². The molecule has 2 aromatic rings. The minimum Gasteiger partial charge on any atom is -0.387 e. The summed E-state index contributed by atoms with van der Waals surface area (Å²) < 4.78 is 26.0. The van der Waals surface area contributed by atoms with Crippen LogP contribution in [0.2, 0.25) is 0 Å². The molecule has 0 bridgehead atoms. The summed E-state index contributed by atoms with van der Waals surface area (Å²) in [6.45, 7) is 2.76. The van der Waals surface area contributed by atoms with E-state index in [-0.39, 0.29) is 21.9 Å². The number of carbonyl (C=O) groups excluding carboxylic acids is 1. The SMILES string of the molecule is CC(=O)c1ccn(S(=O)(=O)c2ccccc2)c1C(C)O. The molecule has 20 heavy (non-hydrogen) atoms. The molecule has 6 heteroatoms. The molecule has 0 amide bonds. The zero-order valence-electron chi connectivity index (χ0n) is 11.1. The van der Waals surface area contributed by atoms with E-state index in [1.807, 2.05) is 0 Å². The van der Waals surface area contributed by atoms with E-state index in [9.17, 15) is 18.3 Å². The largest absolute Gasteiger partial charge is 0.387 e. The van der Waals surface area contributed by atoms with Gasteiger partial charge >= 0.3 is 0 Å². The van der Waals surface area contributed by atoms with E-state index in [4.69, 9.17) is 0 Å². The summed E-state index contributed by atoms with van der Waals surface area (Å²) in [7, 11) is -3.82. The lowest BCUT2D eigenvalue weighted by Crippen LogP contribution is -2.17. The Bertz CT molecular complexity index is 730. The fraction of sp³-hybridized carbons (Fsp3) is 0.214. The molecule has 0 aliphatic carbocycles. The van der Waals surface area contributed by atoms with E-state index < -0.39 is 16.1 Å². The predicted octanol–water partition coefficient (Wildman–Crippen LogP) is 1.98. The van der Waals surface area contributed by atoms with Crippen molar-refractivity contribution in [3.63, 3.8) is 0 Å². The molecule has 5 nitrogen and oxygen atoms in total. The highest BCUT2D eigenvalue weighted by atomic mass is 32.2. The van der Waals surface area contributed by atoms with E-state index in [1.54, 1.807) is 18.2 Å². The average Bonchev–Trinajstić information content (AvgIpc) is 2.85. The number of hydrogen-bond acceptors (Lipinski definition) is 4. The van der Waals surface area contributed by atoms with Crippen molar-refractivity contribution in [2.45, 2.75) is 24.8 Å². The van der Waals surface area contributed by atoms with Crippen molar-refractivity contribution in [1.82, 2.24) is 3.97 Å². The minimum absolute atomic E-state index is 0.0846. The first-order valence-electron chi connectivity index (χ1n) is 6.06. The number of aliphatic hydroxyl groups excluding tert-OH is 1. The van der Waals surface area contributed by atoms with Crippen LogP contribution < -0.4 is 0 Å². The van der Waals surface area contributed by atoms with Gasteiger partial charge < -0.3 is 5.11 Å². The standard InChI is InChI=1S/C14H15NO4S/c1-10(16)13-8-9-15(14(13)11(2)17)20(18,19)12-6-4-3-5-7-12/h3-9,11,17H,1-2H3. The Hall–Kier alpha value is -1.92. The first kappa shape index (κ1) is 14.5. The zero-order valence-corrected chi connectivity index (χ0v) is 12.0. The van der Waals surface area contributed by atoms with Crippen molar-refractivity contribution in [2.24, 2.45) is 0 Å². The Kier molecular flexibility index (Phi) is 3.78. The fourth-order valence-corrected chi connectivity index (χ4v) is 3.51. The third-order valence-electron chi connectivity index (χ3n) is 2.97. The van der Waals surface area contributed by atoms with Crippen LogP contribution in [-0.4, -0.2) is 23.3 Å². The van der Waals surface area contributed by atoms with Crippen molar-refractivity contribution < 1.29 is 18.3 Å². The fourth-order valence-electron chi connectivity index (χ4n) is 2.05. The molecular formula is C14H15NO4S. The molecular weight excluding hydrogens is 278 g/mol. The number of rotatable bonds is 4. The highest BCUT2D eigenvalue weighted by molar-refractivity contribution is 7.90. The van der Waals surface area contributed by atoms with Crippen molar-refractivity contribution in [1.29, 1.82) is 0 Å². The second kappa shape index (κ2) is 5.22. The quantitative estimate of drug-likeness (QED) is 0.874. The van der Waals surface area contributed by atoms with Crippen molar-refractivity contribution in [2.75, 3.05) is 0 Å². The molecule has 2 rings (SSSR count). The summed E-state index contributed by atoms with van der Waals surface area (Å²) in [5.41, 5.74) is 0.292. The first-order valence-corrected chi connectivity index (χ1v) is 7.50. The molecule has 1 heterocycles. The number of aromatic nitrogens is 1. The lowest BCUT2D eigenvalue weighted by Gasteiger charge is -2.13. The van der Waals surface area contributed by atoms with Crippen molar-refractivity contribution in [3.8, 4) is 0 Å². The summed E-state index contributed by atoms with van der Waals surface area (Å²) in [5.74, 6) is -0.289. The second-order valence-corrected chi connectivity index (χ2v) is 6.28. The van der Waals surface area contributed by atoms with Crippen LogP contribution >= 0.6 is 0 Å². The Labute approximate surface area is 117 Å². The third kappa shape index (κ3) is 2.39. The molecule has 0 spiro atoms. The zero-order chi connectivity index (χ0) is 14.9. The molecule has 1 unspecified atom stereocenters. The Morgan fingerprint density at radius 1 is 1.20 bits per heavy atom. The maximum Gasteiger partial charge on any atom is 0.267 e. The van der Waals surface area contributed by atoms with Gasteiger partial charge in [0.1, 0.15) is 0 Å². The number of carbonyl (C=O) groups is 1. The molecule has 1 aromatic heterocycles. The molecule has 0 radical (unpaired) electrons. The van der Waals surface area contributed by atoms with E-state index in [2.05, 4.69) is 0 Å². The van der Waals surface area contributed by atoms with Gasteiger partial charge in [-0.2, -0.15) is 0 Å². The summed E-state index contributed by atoms with van der Waals surface area (Å²) in [4.78, 5) is 11.6. The Balaban J connectivity index is 2.68. The van der Waals surface area contributed by atoms with E-state index in [0.29, 0.717) is 0 Å².